The lowest BCUT2D eigenvalue weighted by Gasteiger charge is -2.41. The Morgan fingerprint density at radius 2 is 1.80 bits per heavy atom. The summed E-state index contributed by atoms with van der Waals surface area (Å²) in [5.41, 5.74) is -1.56. The lowest BCUT2D eigenvalue weighted by molar-refractivity contribution is -0.175. The van der Waals surface area contributed by atoms with E-state index in [0.29, 0.717) is 35.5 Å². The van der Waals surface area contributed by atoms with Gasteiger partial charge in [-0.1, -0.05) is 42.5 Å². The van der Waals surface area contributed by atoms with Gasteiger partial charge in [-0.15, -0.1) is 0 Å². The standard InChI is InChI=1S/C32H32N4O5/c1-30(2,37)19-36(3)18-24-26(21-7-5-4-6-8-21)32(22-11-9-20(16-33)10-12-22)31(38)27-25(41-32)15-23(17-34)35-29(27)40-14-13-39-28(24)31/h4-12,15,24,26,28,37-38H,13-14,18-19H2,1-3H3/t24-,26-,28-,31+,32+/m1/s1. The molecule has 0 radical (unpaired) electrons. The minimum Gasteiger partial charge on any atom is -0.478 e. The molecule has 0 spiro atoms. The Balaban J connectivity index is 1.65. The van der Waals surface area contributed by atoms with Gasteiger partial charge in [0.25, 0.3) is 0 Å². The van der Waals surface area contributed by atoms with Crippen molar-refractivity contribution in [1.82, 2.24) is 9.88 Å². The van der Waals surface area contributed by atoms with Gasteiger partial charge in [-0.05, 0) is 44.2 Å². The summed E-state index contributed by atoms with van der Waals surface area (Å²) in [6, 6.07) is 22.7. The molecule has 41 heavy (non-hydrogen) atoms. The summed E-state index contributed by atoms with van der Waals surface area (Å²) in [4.78, 5) is 6.50. The summed E-state index contributed by atoms with van der Waals surface area (Å²) in [6.45, 7) is 4.79. The molecule has 1 aliphatic carbocycles. The lowest BCUT2D eigenvalue weighted by atomic mass is 9.70. The normalized spacial score (nSPS) is 28.0. The summed E-state index contributed by atoms with van der Waals surface area (Å²) in [7, 11) is 1.94. The molecule has 2 N–H and O–H groups in total. The van der Waals surface area contributed by atoms with E-state index in [9.17, 15) is 20.7 Å². The molecule has 9 nitrogen and oxygen atoms in total. The Kier molecular flexibility index (Phi) is 6.52. The Hall–Kier alpha value is -3.99. The molecule has 6 rings (SSSR count). The number of nitrogens with zero attached hydrogens (tertiary/aromatic N) is 4. The molecule has 5 atom stereocenters. The molecular formula is C32H32N4O5. The van der Waals surface area contributed by atoms with E-state index in [1.165, 1.54) is 0 Å². The number of benzene rings is 2. The van der Waals surface area contributed by atoms with Crippen molar-refractivity contribution >= 4 is 0 Å². The second-order valence-electron chi connectivity index (χ2n) is 11.8. The van der Waals surface area contributed by atoms with Crippen LogP contribution in [0.3, 0.4) is 0 Å². The van der Waals surface area contributed by atoms with Crippen LogP contribution < -0.4 is 9.47 Å². The molecule has 0 unspecified atom stereocenters. The molecule has 3 heterocycles. The van der Waals surface area contributed by atoms with Crippen LogP contribution in [0.5, 0.6) is 11.6 Å². The smallest absolute Gasteiger partial charge is 0.224 e. The molecule has 0 bridgehead atoms. The Morgan fingerprint density at radius 1 is 1.07 bits per heavy atom. The third-order valence-corrected chi connectivity index (χ3v) is 8.35. The van der Waals surface area contributed by atoms with Gasteiger partial charge in [0.15, 0.2) is 11.2 Å². The predicted molar refractivity (Wildman–Crippen MR) is 148 cm³/mol. The van der Waals surface area contributed by atoms with Gasteiger partial charge in [0, 0.05) is 31.0 Å². The Labute approximate surface area is 239 Å². The third kappa shape index (κ3) is 4.16. The maximum atomic E-state index is 13.2. The first-order valence-electron chi connectivity index (χ1n) is 13.7. The molecule has 1 aromatic heterocycles. The van der Waals surface area contributed by atoms with E-state index in [-0.39, 0.29) is 30.7 Å². The number of aliphatic hydroxyl groups is 2. The molecule has 1 fully saturated rings. The molecule has 2 aliphatic heterocycles. The van der Waals surface area contributed by atoms with Gasteiger partial charge in [-0.25, -0.2) is 4.98 Å². The van der Waals surface area contributed by atoms with Gasteiger partial charge in [-0.2, -0.15) is 10.5 Å². The zero-order valence-corrected chi connectivity index (χ0v) is 23.2. The summed E-state index contributed by atoms with van der Waals surface area (Å²) < 4.78 is 19.5. The van der Waals surface area contributed by atoms with Gasteiger partial charge < -0.3 is 29.3 Å². The summed E-state index contributed by atoms with van der Waals surface area (Å²) in [5, 5.41) is 43.1. The van der Waals surface area contributed by atoms with E-state index in [2.05, 4.69) is 22.0 Å². The monoisotopic (exact) mass is 552 g/mol. The van der Waals surface area contributed by atoms with E-state index < -0.39 is 28.8 Å². The van der Waals surface area contributed by atoms with Crippen molar-refractivity contribution in [3.8, 4) is 23.8 Å². The number of nitriles is 2. The fourth-order valence-corrected chi connectivity index (χ4v) is 7.21. The molecule has 9 heteroatoms. The van der Waals surface area contributed by atoms with Crippen molar-refractivity contribution in [1.29, 1.82) is 10.5 Å². The third-order valence-electron chi connectivity index (χ3n) is 8.35. The van der Waals surface area contributed by atoms with Crippen LogP contribution in [0.2, 0.25) is 0 Å². The molecule has 0 saturated heterocycles. The van der Waals surface area contributed by atoms with E-state index >= 15 is 0 Å². The van der Waals surface area contributed by atoms with Crippen molar-refractivity contribution in [3.05, 3.63) is 88.6 Å². The highest BCUT2D eigenvalue weighted by atomic mass is 16.6. The maximum absolute atomic E-state index is 13.2. The van der Waals surface area contributed by atoms with Crippen LogP contribution in [0.1, 0.15) is 47.7 Å². The minimum atomic E-state index is -1.77. The number of likely N-dealkylation sites (N-methyl/N-ethyl adjacent to an activating group) is 1. The topological polar surface area (TPSA) is 132 Å². The van der Waals surface area contributed by atoms with Crippen LogP contribution in [0.15, 0.2) is 60.7 Å². The first kappa shape index (κ1) is 27.2. The van der Waals surface area contributed by atoms with E-state index in [0.717, 1.165) is 5.56 Å². The zero-order valence-electron chi connectivity index (χ0n) is 23.2. The van der Waals surface area contributed by atoms with Crippen molar-refractivity contribution in [2.24, 2.45) is 5.92 Å². The average Bonchev–Trinajstić information content (AvgIpc) is 3.30. The summed E-state index contributed by atoms with van der Waals surface area (Å²) in [5.74, 6) is -0.277. The van der Waals surface area contributed by atoms with Crippen molar-refractivity contribution < 1.29 is 24.4 Å². The number of hydrogen-bond donors (Lipinski definition) is 2. The van der Waals surface area contributed by atoms with Gasteiger partial charge in [0.1, 0.15) is 30.2 Å². The maximum Gasteiger partial charge on any atom is 0.224 e. The van der Waals surface area contributed by atoms with Gasteiger partial charge >= 0.3 is 0 Å². The average molecular weight is 553 g/mol. The van der Waals surface area contributed by atoms with Crippen molar-refractivity contribution in [2.45, 2.75) is 42.7 Å². The fourth-order valence-electron chi connectivity index (χ4n) is 7.21. The van der Waals surface area contributed by atoms with Crippen LogP contribution in [-0.2, 0) is 15.9 Å². The molecule has 1 saturated carbocycles. The number of aromatic nitrogens is 1. The quantitative estimate of drug-likeness (QED) is 0.473. The SMILES string of the molecule is CN(C[C@H]1[C@H]2OCCOc3nc(C#N)cc4c3[C@@]2(O)[C@@](c2ccc(C#N)cc2)(O4)[C@@H]1c1ccccc1)CC(C)(C)O. The second kappa shape index (κ2) is 9.83. The first-order chi connectivity index (χ1) is 19.6. The molecule has 0 amide bonds. The van der Waals surface area contributed by atoms with Crippen LogP contribution in [-0.4, -0.2) is 65.2 Å². The summed E-state index contributed by atoms with van der Waals surface area (Å²) in [6.07, 6.45) is -0.758. The molecule has 3 aromatic rings. The van der Waals surface area contributed by atoms with Crippen molar-refractivity contribution in [2.75, 3.05) is 33.4 Å². The van der Waals surface area contributed by atoms with Gasteiger partial charge in [-0.3, -0.25) is 0 Å². The molecular weight excluding hydrogens is 520 g/mol. The van der Waals surface area contributed by atoms with E-state index in [1.54, 1.807) is 32.0 Å². The van der Waals surface area contributed by atoms with Crippen LogP contribution in [0, 0.1) is 28.6 Å². The van der Waals surface area contributed by atoms with Gasteiger partial charge in [0.2, 0.25) is 5.88 Å². The number of rotatable bonds is 6. The highest BCUT2D eigenvalue weighted by Crippen LogP contribution is 2.70. The second-order valence-corrected chi connectivity index (χ2v) is 11.8. The van der Waals surface area contributed by atoms with Gasteiger partial charge in [0.05, 0.1) is 29.4 Å². The molecule has 210 valence electrons. The van der Waals surface area contributed by atoms with Crippen LogP contribution in [0.25, 0.3) is 0 Å². The van der Waals surface area contributed by atoms with E-state index in [4.69, 9.17) is 14.2 Å². The first-order valence-corrected chi connectivity index (χ1v) is 13.7. The van der Waals surface area contributed by atoms with E-state index in [1.807, 2.05) is 49.5 Å². The van der Waals surface area contributed by atoms with Crippen molar-refractivity contribution in [3.63, 3.8) is 0 Å². The Morgan fingerprint density at radius 3 is 2.46 bits per heavy atom. The number of pyridine rings is 1. The zero-order chi connectivity index (χ0) is 29.0. The molecule has 3 aliphatic rings. The highest BCUT2D eigenvalue weighted by Gasteiger charge is 2.77. The number of ether oxygens (including phenoxy) is 3. The minimum absolute atomic E-state index is 0.119. The molecule has 2 aromatic carbocycles. The lowest BCUT2D eigenvalue weighted by Crippen LogP contribution is -2.53. The fraction of sp³-hybridized carbons (Fsp3) is 0.406. The predicted octanol–water partition coefficient (Wildman–Crippen LogP) is 3.19. The van der Waals surface area contributed by atoms with Crippen LogP contribution >= 0.6 is 0 Å². The van der Waals surface area contributed by atoms with Crippen LogP contribution in [0.4, 0.5) is 0 Å². The Bertz CT molecular complexity index is 1540. The summed E-state index contributed by atoms with van der Waals surface area (Å²) >= 11 is 0. The highest BCUT2D eigenvalue weighted by molar-refractivity contribution is 5.60. The number of hydrogen-bond acceptors (Lipinski definition) is 9. The largest absolute Gasteiger partial charge is 0.478 e.